The fourth-order valence-corrected chi connectivity index (χ4v) is 4.49. The zero-order chi connectivity index (χ0) is 22.3. The Morgan fingerprint density at radius 1 is 0.969 bits per heavy atom. The molecule has 0 aliphatic heterocycles. The second kappa shape index (κ2) is 10.6. The summed E-state index contributed by atoms with van der Waals surface area (Å²) in [5.41, 5.74) is 2.34. The van der Waals surface area contributed by atoms with Crippen molar-refractivity contribution in [2.45, 2.75) is 38.1 Å². The Kier molecular flexibility index (Phi) is 7.43. The average Bonchev–Trinajstić information content (AvgIpc) is 2.82. The number of ether oxygens (including phenoxy) is 1. The Morgan fingerprint density at radius 3 is 2.44 bits per heavy atom. The van der Waals surface area contributed by atoms with E-state index in [9.17, 15) is 0 Å². The molecular formula is C26H35N5O. The highest BCUT2D eigenvalue weighted by atomic mass is 16.5. The number of nitrogens with one attached hydrogen (secondary N) is 2. The highest BCUT2D eigenvalue weighted by Gasteiger charge is 2.22. The average molecular weight is 434 g/mol. The fraction of sp³-hybridized carbons (Fsp3) is 0.462. The van der Waals surface area contributed by atoms with Crippen molar-refractivity contribution in [3.8, 4) is 5.75 Å². The monoisotopic (exact) mass is 433 g/mol. The lowest BCUT2D eigenvalue weighted by atomic mass is 9.86. The zero-order valence-corrected chi connectivity index (χ0v) is 19.5. The molecule has 170 valence electrons. The van der Waals surface area contributed by atoms with Crippen LogP contribution in [0.4, 0.5) is 11.8 Å². The molecule has 2 aromatic carbocycles. The van der Waals surface area contributed by atoms with E-state index in [0.29, 0.717) is 6.04 Å². The summed E-state index contributed by atoms with van der Waals surface area (Å²) in [7, 11) is 5.77. The number of hydrogen-bond donors (Lipinski definition) is 2. The molecule has 4 rings (SSSR count). The van der Waals surface area contributed by atoms with Crippen LogP contribution in [0.1, 0.15) is 31.2 Å². The van der Waals surface area contributed by atoms with Crippen LogP contribution in [0.25, 0.3) is 10.9 Å². The van der Waals surface area contributed by atoms with Gasteiger partial charge in [-0.15, -0.1) is 0 Å². The minimum atomic E-state index is 0.446. The van der Waals surface area contributed by atoms with Crippen molar-refractivity contribution in [3.05, 3.63) is 54.1 Å². The Labute approximate surface area is 191 Å². The minimum absolute atomic E-state index is 0.446. The third-order valence-corrected chi connectivity index (χ3v) is 6.37. The van der Waals surface area contributed by atoms with Crippen LogP contribution < -0.4 is 20.3 Å². The van der Waals surface area contributed by atoms with Crippen molar-refractivity contribution in [1.29, 1.82) is 0 Å². The SMILES string of the molecule is COc1ccc(CCNCC2CCC(Nc3nc(N(C)C)c4ccccc4n3)CC2)cc1. The molecular weight excluding hydrogens is 398 g/mol. The number of fused-ring (bicyclic) bond motifs is 1. The fourth-order valence-electron chi connectivity index (χ4n) is 4.49. The predicted molar refractivity (Wildman–Crippen MR) is 133 cm³/mol. The third kappa shape index (κ3) is 5.68. The van der Waals surface area contributed by atoms with Gasteiger partial charge in [0, 0.05) is 25.5 Å². The maximum Gasteiger partial charge on any atom is 0.225 e. The van der Waals surface area contributed by atoms with Gasteiger partial charge >= 0.3 is 0 Å². The van der Waals surface area contributed by atoms with E-state index >= 15 is 0 Å². The van der Waals surface area contributed by atoms with Crippen LogP contribution in [0.2, 0.25) is 0 Å². The maximum absolute atomic E-state index is 5.22. The second-order valence-corrected chi connectivity index (χ2v) is 8.95. The summed E-state index contributed by atoms with van der Waals surface area (Å²) in [6, 6.07) is 17.0. The van der Waals surface area contributed by atoms with Crippen molar-refractivity contribution in [2.24, 2.45) is 5.92 Å². The Balaban J connectivity index is 1.22. The van der Waals surface area contributed by atoms with E-state index < -0.39 is 0 Å². The first-order chi connectivity index (χ1) is 15.6. The Bertz CT molecular complexity index is 997. The van der Waals surface area contributed by atoms with Gasteiger partial charge in [-0.05, 0) is 80.9 Å². The van der Waals surface area contributed by atoms with E-state index in [1.165, 1.54) is 18.4 Å². The topological polar surface area (TPSA) is 62.3 Å². The summed E-state index contributed by atoms with van der Waals surface area (Å²) < 4.78 is 5.22. The number of para-hydroxylation sites is 1. The van der Waals surface area contributed by atoms with E-state index in [1.807, 2.05) is 38.4 Å². The Morgan fingerprint density at radius 2 is 1.72 bits per heavy atom. The summed E-state index contributed by atoms with van der Waals surface area (Å²) in [4.78, 5) is 11.6. The summed E-state index contributed by atoms with van der Waals surface area (Å²) in [6.07, 6.45) is 5.85. The molecule has 0 bridgehead atoms. The molecule has 0 atom stereocenters. The first kappa shape index (κ1) is 22.3. The van der Waals surface area contributed by atoms with Crippen molar-refractivity contribution in [1.82, 2.24) is 15.3 Å². The van der Waals surface area contributed by atoms with Crippen LogP contribution in [0.5, 0.6) is 5.75 Å². The molecule has 0 amide bonds. The molecule has 6 heteroatoms. The van der Waals surface area contributed by atoms with Gasteiger partial charge < -0.3 is 20.3 Å². The van der Waals surface area contributed by atoms with E-state index in [-0.39, 0.29) is 0 Å². The molecule has 2 N–H and O–H groups in total. The third-order valence-electron chi connectivity index (χ3n) is 6.37. The molecule has 1 aliphatic carbocycles. The molecule has 1 saturated carbocycles. The molecule has 0 saturated heterocycles. The van der Waals surface area contributed by atoms with E-state index in [1.54, 1.807) is 7.11 Å². The number of nitrogens with zero attached hydrogens (tertiary/aromatic N) is 3. The van der Waals surface area contributed by atoms with Gasteiger partial charge in [-0.1, -0.05) is 24.3 Å². The molecule has 32 heavy (non-hydrogen) atoms. The number of aromatic nitrogens is 2. The van der Waals surface area contributed by atoms with Gasteiger partial charge in [-0.3, -0.25) is 0 Å². The van der Waals surface area contributed by atoms with Crippen molar-refractivity contribution >= 4 is 22.7 Å². The first-order valence-electron chi connectivity index (χ1n) is 11.7. The zero-order valence-electron chi connectivity index (χ0n) is 19.5. The highest BCUT2D eigenvalue weighted by molar-refractivity contribution is 5.90. The number of hydrogen-bond acceptors (Lipinski definition) is 6. The van der Waals surface area contributed by atoms with Crippen LogP contribution in [0, 0.1) is 5.92 Å². The number of methoxy groups -OCH3 is 1. The molecule has 6 nitrogen and oxygen atoms in total. The Hall–Kier alpha value is -2.86. The molecule has 1 fully saturated rings. The molecule has 1 heterocycles. The highest BCUT2D eigenvalue weighted by Crippen LogP contribution is 2.28. The lowest BCUT2D eigenvalue weighted by Crippen LogP contribution is -2.32. The van der Waals surface area contributed by atoms with Crippen molar-refractivity contribution in [2.75, 3.05) is 44.5 Å². The lowest BCUT2D eigenvalue weighted by Gasteiger charge is -2.29. The van der Waals surface area contributed by atoms with Gasteiger partial charge in [0.15, 0.2) is 0 Å². The summed E-state index contributed by atoms with van der Waals surface area (Å²) in [6.45, 7) is 2.11. The molecule has 1 aromatic heterocycles. The second-order valence-electron chi connectivity index (χ2n) is 8.95. The molecule has 1 aliphatic rings. The van der Waals surface area contributed by atoms with Crippen LogP contribution in [0.3, 0.4) is 0 Å². The van der Waals surface area contributed by atoms with Gasteiger partial charge in [0.1, 0.15) is 11.6 Å². The molecule has 3 aromatic rings. The van der Waals surface area contributed by atoms with Crippen LogP contribution in [-0.4, -0.2) is 50.3 Å². The number of anilines is 2. The standard InChI is InChI=1S/C26H35N5O/c1-31(2)25-23-6-4-5-7-24(23)29-26(30-25)28-21-12-8-20(9-13-21)18-27-17-16-19-10-14-22(32-3)15-11-19/h4-7,10-11,14-15,20-21,27H,8-9,12-13,16-18H2,1-3H3,(H,28,29,30). The predicted octanol–water partition coefficient (Wildman–Crippen LogP) is 4.51. The van der Waals surface area contributed by atoms with Crippen LogP contribution >= 0.6 is 0 Å². The largest absolute Gasteiger partial charge is 0.497 e. The molecule has 0 unspecified atom stereocenters. The van der Waals surface area contributed by atoms with Crippen molar-refractivity contribution < 1.29 is 4.74 Å². The summed E-state index contributed by atoms with van der Waals surface area (Å²) in [5.74, 6) is 3.37. The van der Waals surface area contributed by atoms with Gasteiger partial charge in [-0.2, -0.15) is 4.98 Å². The van der Waals surface area contributed by atoms with E-state index in [4.69, 9.17) is 14.7 Å². The van der Waals surface area contributed by atoms with Crippen LogP contribution in [0.15, 0.2) is 48.5 Å². The summed E-state index contributed by atoms with van der Waals surface area (Å²) in [5, 5.41) is 8.35. The quantitative estimate of drug-likeness (QED) is 0.484. The van der Waals surface area contributed by atoms with Gasteiger partial charge in [0.2, 0.25) is 5.95 Å². The minimum Gasteiger partial charge on any atom is -0.497 e. The van der Waals surface area contributed by atoms with Crippen molar-refractivity contribution in [3.63, 3.8) is 0 Å². The first-order valence-corrected chi connectivity index (χ1v) is 11.7. The molecule has 0 spiro atoms. The number of benzene rings is 2. The van der Waals surface area contributed by atoms with Crippen LogP contribution in [-0.2, 0) is 6.42 Å². The van der Waals surface area contributed by atoms with Gasteiger partial charge in [-0.25, -0.2) is 4.98 Å². The van der Waals surface area contributed by atoms with E-state index in [0.717, 1.165) is 66.7 Å². The smallest absolute Gasteiger partial charge is 0.225 e. The van der Waals surface area contributed by atoms with Gasteiger partial charge in [0.05, 0.1) is 12.6 Å². The molecule has 0 radical (unpaired) electrons. The normalized spacial score (nSPS) is 18.5. The lowest BCUT2D eigenvalue weighted by molar-refractivity contribution is 0.325. The summed E-state index contributed by atoms with van der Waals surface area (Å²) >= 11 is 0. The number of rotatable bonds is 9. The van der Waals surface area contributed by atoms with Gasteiger partial charge in [0.25, 0.3) is 0 Å². The maximum atomic E-state index is 5.22. The van der Waals surface area contributed by atoms with E-state index in [2.05, 4.69) is 39.8 Å².